The third-order valence-electron chi connectivity index (χ3n) is 7.00. The molecule has 0 spiro atoms. The van der Waals surface area contributed by atoms with Crippen LogP contribution in [0.5, 0.6) is 0 Å². The summed E-state index contributed by atoms with van der Waals surface area (Å²) in [6.45, 7) is 3.89. The molecule has 5 rings (SSSR count). The van der Waals surface area contributed by atoms with Crippen LogP contribution in [0.2, 0.25) is 0 Å². The molecule has 0 aromatic heterocycles. The van der Waals surface area contributed by atoms with Gasteiger partial charge in [-0.1, -0.05) is 62.4 Å². The second-order valence-corrected chi connectivity index (χ2v) is 9.94. The lowest BCUT2D eigenvalue weighted by atomic mass is 9.70. The predicted octanol–water partition coefficient (Wildman–Crippen LogP) is 5.22. The van der Waals surface area contributed by atoms with E-state index in [1.807, 2.05) is 13.8 Å². The Bertz CT molecular complexity index is 928. The van der Waals surface area contributed by atoms with Crippen LogP contribution in [0.1, 0.15) is 33.1 Å². The number of rotatable bonds is 2. The van der Waals surface area contributed by atoms with Crippen molar-refractivity contribution >= 4 is 39.9 Å². The van der Waals surface area contributed by atoms with Crippen LogP contribution >= 0.6 is 24.0 Å². The van der Waals surface area contributed by atoms with E-state index >= 15 is 0 Å². The van der Waals surface area contributed by atoms with Crippen molar-refractivity contribution in [3.8, 4) is 22.3 Å². The molecule has 0 aliphatic heterocycles. The highest BCUT2D eigenvalue weighted by Gasteiger charge is 2.65. The molecule has 3 aliphatic rings. The molecule has 4 nitrogen and oxygen atoms in total. The average Bonchev–Trinajstić information content (AvgIpc) is 2.93. The van der Waals surface area contributed by atoms with E-state index in [9.17, 15) is 13.2 Å². The normalized spacial score (nSPS) is 25.5. The molecule has 150 valence electrons. The zero-order valence-electron chi connectivity index (χ0n) is 16.0. The number of hydrogen-bond donors (Lipinski definition) is 1. The largest absolute Gasteiger partial charge is 0.299 e. The number of benzene rings is 2. The third kappa shape index (κ3) is 3.23. The van der Waals surface area contributed by atoms with Crippen molar-refractivity contribution in [1.29, 1.82) is 0 Å². The molecular weight excluding hydrogens is 487 g/mol. The monoisotopic (exact) mass is 512 g/mol. The predicted molar refractivity (Wildman–Crippen MR) is 121 cm³/mol. The zero-order valence-corrected chi connectivity index (χ0v) is 19.2. The van der Waals surface area contributed by atoms with E-state index in [1.165, 1.54) is 22.3 Å². The highest BCUT2D eigenvalue weighted by molar-refractivity contribution is 14.0. The van der Waals surface area contributed by atoms with Crippen LogP contribution in [0.25, 0.3) is 22.3 Å². The van der Waals surface area contributed by atoms with Crippen molar-refractivity contribution in [3.63, 3.8) is 0 Å². The topological polar surface area (TPSA) is 71.4 Å². The van der Waals surface area contributed by atoms with Crippen LogP contribution in [0.3, 0.4) is 0 Å². The fourth-order valence-electron chi connectivity index (χ4n) is 5.26. The minimum Gasteiger partial charge on any atom is -0.299 e. The van der Waals surface area contributed by atoms with Gasteiger partial charge < -0.3 is 0 Å². The molecule has 2 saturated carbocycles. The molecule has 6 heteroatoms. The first-order valence-corrected chi connectivity index (χ1v) is 10.9. The summed E-state index contributed by atoms with van der Waals surface area (Å²) in [6.07, 6.45) is 1.97. The number of ketones is 1. The summed E-state index contributed by atoms with van der Waals surface area (Å²) in [5, 5.41) is 0. The zero-order chi connectivity index (χ0) is 19.4. The molecule has 3 aliphatic carbocycles. The maximum atomic E-state index is 11.9. The van der Waals surface area contributed by atoms with Crippen LogP contribution < -0.4 is 0 Å². The number of carbonyl (C=O) groups is 1. The fraction of sp³-hybridized carbons (Fsp3) is 0.409. The van der Waals surface area contributed by atoms with Crippen LogP contribution in [0.15, 0.2) is 48.5 Å². The van der Waals surface area contributed by atoms with Gasteiger partial charge >= 0.3 is 0 Å². The van der Waals surface area contributed by atoms with Gasteiger partial charge in [-0.2, -0.15) is 8.42 Å². The van der Waals surface area contributed by atoms with Crippen LogP contribution in [0, 0.1) is 16.7 Å². The maximum absolute atomic E-state index is 11.9. The van der Waals surface area contributed by atoms with Gasteiger partial charge in [-0.25, -0.2) is 0 Å². The van der Waals surface area contributed by atoms with Gasteiger partial charge in [-0.15, -0.1) is 24.0 Å². The van der Waals surface area contributed by atoms with Crippen molar-refractivity contribution in [1.82, 2.24) is 0 Å². The summed E-state index contributed by atoms with van der Waals surface area (Å²) in [7, 11) is -4.08. The van der Waals surface area contributed by atoms with Gasteiger partial charge in [-0.05, 0) is 46.4 Å². The van der Waals surface area contributed by atoms with Crippen molar-refractivity contribution in [3.05, 3.63) is 48.5 Å². The number of fused-ring (bicyclic) bond motifs is 6. The maximum Gasteiger partial charge on any atom is 0.265 e. The molecule has 28 heavy (non-hydrogen) atoms. The lowest BCUT2D eigenvalue weighted by Crippen LogP contribution is -2.42. The summed E-state index contributed by atoms with van der Waals surface area (Å²) >= 11 is 0. The van der Waals surface area contributed by atoms with E-state index in [2.05, 4.69) is 48.5 Å². The molecule has 0 radical (unpaired) electrons. The number of halogens is 1. The molecule has 2 bridgehead atoms. The number of hydrogen-bond acceptors (Lipinski definition) is 3. The van der Waals surface area contributed by atoms with E-state index in [-0.39, 0.29) is 41.1 Å². The van der Waals surface area contributed by atoms with Crippen LogP contribution in [-0.2, 0) is 14.9 Å². The van der Waals surface area contributed by atoms with Gasteiger partial charge in [0.2, 0.25) is 0 Å². The van der Waals surface area contributed by atoms with E-state index in [0.29, 0.717) is 12.8 Å². The summed E-state index contributed by atoms with van der Waals surface area (Å²) in [5.41, 5.74) is 4.47. The van der Waals surface area contributed by atoms with Crippen molar-refractivity contribution < 1.29 is 17.8 Å². The average molecular weight is 512 g/mol. The minimum atomic E-state index is -4.08. The standard InChI is InChI=1S/C12H8.C10H16O4S.HI/c1-2-6-10-9(5-1)11-7-3-4-8-12(10)11;1-9(2)7-3-4-10(9,8(11)5-7)6-15(12,13)14;/h1-8H;7H,3-6H2,1-2H3,(H,12,13,14);1H. The van der Waals surface area contributed by atoms with Gasteiger partial charge in [0.15, 0.2) is 0 Å². The Balaban J connectivity index is 0.000000158. The second kappa shape index (κ2) is 7.22. The molecule has 0 amide bonds. The fourth-order valence-corrected chi connectivity index (χ4v) is 6.56. The van der Waals surface area contributed by atoms with E-state index in [1.54, 1.807) is 0 Å². The first-order valence-electron chi connectivity index (χ1n) is 9.33. The lowest BCUT2D eigenvalue weighted by molar-refractivity contribution is -0.128. The SMILES string of the molecule is CC1(C)C2CCC1(CS(=O)(=O)O)C(=O)C2.I.c1ccc2c(c1)-c1ccccc1-2. The molecule has 1 N–H and O–H groups in total. The minimum absolute atomic E-state index is 0. The van der Waals surface area contributed by atoms with Crippen molar-refractivity contribution in [2.45, 2.75) is 33.1 Å². The molecule has 2 fully saturated rings. The highest BCUT2D eigenvalue weighted by Crippen LogP contribution is 2.64. The molecule has 2 aromatic rings. The summed E-state index contributed by atoms with van der Waals surface area (Å²) in [4.78, 5) is 11.9. The Morgan fingerprint density at radius 1 is 0.964 bits per heavy atom. The quantitative estimate of drug-likeness (QED) is 0.378. The van der Waals surface area contributed by atoms with Gasteiger partial charge in [0.05, 0.1) is 11.2 Å². The van der Waals surface area contributed by atoms with E-state index in [0.717, 1.165) is 6.42 Å². The molecule has 2 atom stereocenters. The van der Waals surface area contributed by atoms with Crippen molar-refractivity contribution in [2.75, 3.05) is 5.75 Å². The van der Waals surface area contributed by atoms with Crippen LogP contribution in [0.4, 0.5) is 0 Å². The van der Waals surface area contributed by atoms with E-state index < -0.39 is 21.3 Å². The Morgan fingerprint density at radius 3 is 1.68 bits per heavy atom. The Kier molecular flexibility index (Phi) is 5.53. The molecule has 0 heterocycles. The summed E-state index contributed by atoms with van der Waals surface area (Å²) in [6, 6.07) is 17.1. The smallest absolute Gasteiger partial charge is 0.265 e. The van der Waals surface area contributed by atoms with Crippen molar-refractivity contribution in [2.24, 2.45) is 16.7 Å². The first kappa shape index (κ1) is 21.5. The Hall–Kier alpha value is -1.25. The van der Waals surface area contributed by atoms with Gasteiger partial charge in [0, 0.05) is 6.42 Å². The number of carbonyl (C=O) groups excluding carboxylic acids is 1. The second-order valence-electron chi connectivity index (χ2n) is 8.48. The summed E-state index contributed by atoms with van der Waals surface area (Å²) in [5.74, 6) is -0.101. The van der Waals surface area contributed by atoms with Gasteiger partial charge in [0.25, 0.3) is 10.1 Å². The molecule has 2 unspecified atom stereocenters. The first-order chi connectivity index (χ1) is 12.7. The lowest BCUT2D eigenvalue weighted by Gasteiger charge is -2.35. The van der Waals surface area contributed by atoms with Gasteiger partial charge in [-0.3, -0.25) is 9.35 Å². The van der Waals surface area contributed by atoms with Crippen LogP contribution in [-0.4, -0.2) is 24.5 Å². The molecular formula is C22H25IO4S. The van der Waals surface area contributed by atoms with E-state index in [4.69, 9.17) is 4.55 Å². The van der Waals surface area contributed by atoms with Gasteiger partial charge in [0.1, 0.15) is 5.78 Å². The summed E-state index contributed by atoms with van der Waals surface area (Å²) < 4.78 is 31.0. The third-order valence-corrected chi connectivity index (χ3v) is 7.86. The highest BCUT2D eigenvalue weighted by atomic mass is 127. The molecule has 2 aromatic carbocycles. The number of Topliss-reactive ketones (excluding diaryl/α,β-unsaturated/α-hetero) is 1. The Morgan fingerprint density at radius 2 is 1.39 bits per heavy atom. The molecule has 0 saturated heterocycles. The Labute approximate surface area is 183 Å².